The van der Waals surface area contributed by atoms with Crippen LogP contribution in [0.2, 0.25) is 0 Å². The van der Waals surface area contributed by atoms with Crippen LogP contribution in [0, 0.1) is 0 Å². The molecular weight excluding hydrogens is 526 g/mol. The summed E-state index contributed by atoms with van der Waals surface area (Å²) in [6.45, 7) is 0. The van der Waals surface area contributed by atoms with E-state index in [1.165, 1.54) is 21.9 Å². The smallest absolute Gasteiger partial charge is 0.137 e. The summed E-state index contributed by atoms with van der Waals surface area (Å²) in [5.41, 5.74) is 9.07. The number of rotatable bonds is 4. The molecule has 0 amide bonds. The SMILES string of the molecule is c1ccc(-c2ccc(N(c3cccc4oc5ccccc5c34)c3cccc4oc5ccccc5c34)c3ccccc23)cc1. The van der Waals surface area contributed by atoms with Gasteiger partial charge in [0.25, 0.3) is 0 Å². The summed E-state index contributed by atoms with van der Waals surface area (Å²) < 4.78 is 12.8. The maximum absolute atomic E-state index is 6.38. The van der Waals surface area contributed by atoms with E-state index in [-0.39, 0.29) is 0 Å². The lowest BCUT2D eigenvalue weighted by atomic mass is 9.96. The molecular formula is C40H25NO2. The number of furan rings is 2. The molecule has 0 aliphatic carbocycles. The molecule has 202 valence electrons. The lowest BCUT2D eigenvalue weighted by Crippen LogP contribution is -2.11. The van der Waals surface area contributed by atoms with E-state index in [1.54, 1.807) is 0 Å². The van der Waals surface area contributed by atoms with E-state index in [1.807, 2.05) is 24.3 Å². The molecule has 0 atom stereocenters. The van der Waals surface area contributed by atoms with E-state index in [9.17, 15) is 0 Å². The predicted octanol–water partition coefficient (Wildman–Crippen LogP) is 11.8. The van der Waals surface area contributed by atoms with Crippen molar-refractivity contribution in [2.45, 2.75) is 0 Å². The minimum atomic E-state index is 0.859. The standard InChI is InChI=1S/C40H25NO2/c1-2-12-26(13-3-1)27-24-25-32(29-15-5-4-14-28(27)29)41(33-18-10-22-37-39(33)30-16-6-8-20-35(30)42-37)34-19-11-23-38-40(34)31-17-7-9-21-36(31)43-38/h1-25H. The van der Waals surface area contributed by atoms with Gasteiger partial charge in [-0.15, -0.1) is 0 Å². The van der Waals surface area contributed by atoms with Crippen molar-refractivity contribution in [3.8, 4) is 11.1 Å². The van der Waals surface area contributed by atoms with Crippen molar-refractivity contribution in [1.29, 1.82) is 0 Å². The molecule has 0 spiro atoms. The molecule has 9 rings (SSSR count). The number of hydrogen-bond donors (Lipinski definition) is 0. The Morgan fingerprint density at radius 3 is 1.42 bits per heavy atom. The van der Waals surface area contributed by atoms with Gasteiger partial charge in [-0.2, -0.15) is 0 Å². The van der Waals surface area contributed by atoms with Crippen molar-refractivity contribution in [2.75, 3.05) is 4.90 Å². The first-order chi connectivity index (χ1) is 21.3. The summed E-state index contributed by atoms with van der Waals surface area (Å²) in [5.74, 6) is 0. The third-order valence-electron chi connectivity index (χ3n) is 8.47. The van der Waals surface area contributed by atoms with Crippen molar-refractivity contribution >= 4 is 71.7 Å². The second kappa shape index (κ2) is 9.37. The molecule has 0 fully saturated rings. The molecule has 0 aliphatic heterocycles. The number of anilines is 3. The summed E-state index contributed by atoms with van der Waals surface area (Å²) >= 11 is 0. The monoisotopic (exact) mass is 551 g/mol. The number of fused-ring (bicyclic) bond motifs is 7. The van der Waals surface area contributed by atoms with Crippen LogP contribution >= 0.6 is 0 Å². The zero-order valence-corrected chi connectivity index (χ0v) is 23.2. The van der Waals surface area contributed by atoms with E-state index in [0.717, 1.165) is 60.9 Å². The molecule has 3 heteroatoms. The van der Waals surface area contributed by atoms with E-state index in [4.69, 9.17) is 8.83 Å². The van der Waals surface area contributed by atoms with E-state index in [2.05, 4.69) is 132 Å². The average molecular weight is 552 g/mol. The third kappa shape index (κ3) is 3.62. The first-order valence-corrected chi connectivity index (χ1v) is 14.5. The maximum Gasteiger partial charge on any atom is 0.137 e. The molecule has 0 radical (unpaired) electrons. The Morgan fingerprint density at radius 2 is 0.814 bits per heavy atom. The fourth-order valence-electron chi connectivity index (χ4n) is 6.62. The number of hydrogen-bond acceptors (Lipinski definition) is 3. The predicted molar refractivity (Wildman–Crippen MR) is 179 cm³/mol. The van der Waals surface area contributed by atoms with E-state index in [0.29, 0.717) is 0 Å². The van der Waals surface area contributed by atoms with Crippen molar-refractivity contribution in [2.24, 2.45) is 0 Å². The Balaban J connectivity index is 1.43. The number of nitrogens with zero attached hydrogens (tertiary/aromatic N) is 1. The van der Waals surface area contributed by atoms with Gasteiger partial charge in [0.2, 0.25) is 0 Å². The van der Waals surface area contributed by atoms with Gasteiger partial charge in [-0.25, -0.2) is 0 Å². The van der Waals surface area contributed by atoms with Gasteiger partial charge < -0.3 is 13.7 Å². The molecule has 0 unspecified atom stereocenters. The van der Waals surface area contributed by atoms with Gasteiger partial charge in [-0.3, -0.25) is 0 Å². The molecule has 3 nitrogen and oxygen atoms in total. The average Bonchev–Trinajstić information content (AvgIpc) is 3.65. The zero-order chi connectivity index (χ0) is 28.3. The van der Waals surface area contributed by atoms with Crippen LogP contribution in [-0.4, -0.2) is 0 Å². The quantitative estimate of drug-likeness (QED) is 0.218. The largest absolute Gasteiger partial charge is 0.456 e. The lowest BCUT2D eigenvalue weighted by molar-refractivity contribution is 0.668. The highest BCUT2D eigenvalue weighted by atomic mass is 16.3. The Morgan fingerprint density at radius 1 is 0.326 bits per heavy atom. The van der Waals surface area contributed by atoms with Crippen LogP contribution in [0.15, 0.2) is 160 Å². The van der Waals surface area contributed by atoms with Crippen molar-refractivity contribution in [3.05, 3.63) is 152 Å². The van der Waals surface area contributed by atoms with Gasteiger partial charge >= 0.3 is 0 Å². The van der Waals surface area contributed by atoms with Gasteiger partial charge in [0.1, 0.15) is 22.3 Å². The molecule has 2 aromatic heterocycles. The number of benzene rings is 7. The van der Waals surface area contributed by atoms with E-state index < -0.39 is 0 Å². The molecule has 7 aromatic carbocycles. The normalized spacial score (nSPS) is 11.7. The molecule has 0 aliphatic rings. The first-order valence-electron chi connectivity index (χ1n) is 14.5. The molecule has 9 aromatic rings. The highest BCUT2D eigenvalue weighted by molar-refractivity contribution is 6.19. The van der Waals surface area contributed by atoms with Crippen LogP contribution in [0.3, 0.4) is 0 Å². The van der Waals surface area contributed by atoms with Gasteiger partial charge in [-0.1, -0.05) is 109 Å². The van der Waals surface area contributed by atoms with Crippen LogP contribution in [0.5, 0.6) is 0 Å². The molecule has 0 bridgehead atoms. The Hall–Kier alpha value is -5.80. The van der Waals surface area contributed by atoms with Gasteiger partial charge in [0.05, 0.1) is 27.8 Å². The van der Waals surface area contributed by atoms with Crippen LogP contribution in [0.1, 0.15) is 0 Å². The van der Waals surface area contributed by atoms with Crippen LogP contribution < -0.4 is 4.90 Å². The molecule has 2 heterocycles. The summed E-state index contributed by atoms with van der Waals surface area (Å²) in [6, 6.07) is 53.1. The van der Waals surface area contributed by atoms with Crippen molar-refractivity contribution < 1.29 is 8.83 Å². The topological polar surface area (TPSA) is 29.5 Å². The highest BCUT2D eigenvalue weighted by Crippen LogP contribution is 2.49. The Bertz CT molecular complexity index is 2350. The van der Waals surface area contributed by atoms with Gasteiger partial charge in [0, 0.05) is 16.2 Å². The molecule has 0 saturated heterocycles. The van der Waals surface area contributed by atoms with Crippen LogP contribution in [-0.2, 0) is 0 Å². The minimum Gasteiger partial charge on any atom is -0.456 e. The highest BCUT2D eigenvalue weighted by Gasteiger charge is 2.24. The fraction of sp³-hybridized carbons (Fsp3) is 0. The second-order valence-corrected chi connectivity index (χ2v) is 10.9. The zero-order valence-electron chi connectivity index (χ0n) is 23.2. The van der Waals surface area contributed by atoms with Crippen LogP contribution in [0.25, 0.3) is 65.8 Å². The Kier molecular flexibility index (Phi) is 5.20. The minimum absolute atomic E-state index is 0.859. The molecule has 43 heavy (non-hydrogen) atoms. The summed E-state index contributed by atoms with van der Waals surface area (Å²) in [5, 5.41) is 6.71. The van der Waals surface area contributed by atoms with Crippen LogP contribution in [0.4, 0.5) is 17.1 Å². The summed E-state index contributed by atoms with van der Waals surface area (Å²) in [7, 11) is 0. The summed E-state index contributed by atoms with van der Waals surface area (Å²) in [6.07, 6.45) is 0. The van der Waals surface area contributed by atoms with E-state index >= 15 is 0 Å². The third-order valence-corrected chi connectivity index (χ3v) is 8.47. The second-order valence-electron chi connectivity index (χ2n) is 10.9. The van der Waals surface area contributed by atoms with Crippen molar-refractivity contribution in [3.63, 3.8) is 0 Å². The van der Waals surface area contributed by atoms with Crippen molar-refractivity contribution in [1.82, 2.24) is 0 Å². The summed E-state index contributed by atoms with van der Waals surface area (Å²) in [4.78, 5) is 2.39. The molecule has 0 N–H and O–H groups in total. The fourth-order valence-corrected chi connectivity index (χ4v) is 6.62. The molecule has 0 saturated carbocycles. The number of para-hydroxylation sites is 2. The first kappa shape index (κ1) is 23.9. The van der Waals surface area contributed by atoms with Gasteiger partial charge in [0.15, 0.2) is 0 Å². The maximum atomic E-state index is 6.38. The lowest BCUT2D eigenvalue weighted by Gasteiger charge is -2.28. The van der Waals surface area contributed by atoms with Gasteiger partial charge in [-0.05, 0) is 59.0 Å². The Labute approximate surface area is 247 Å².